The fraction of sp³-hybridized carbons (Fsp3) is 0.929. The number of hydrogen-bond acceptors (Lipinski definition) is 2. The lowest BCUT2D eigenvalue weighted by molar-refractivity contribution is -0.130. The third-order valence-corrected chi connectivity index (χ3v) is 3.69. The summed E-state index contributed by atoms with van der Waals surface area (Å²) in [5.41, 5.74) is 0. The number of hydrogen-bond donors (Lipinski definition) is 1. The molecular weight excluding hydrogens is 212 g/mol. The Balaban J connectivity index is 2.14. The van der Waals surface area contributed by atoms with E-state index in [0.717, 1.165) is 44.8 Å². The molecule has 3 heteroatoms. The van der Waals surface area contributed by atoms with E-state index in [-0.39, 0.29) is 0 Å². The molecule has 1 aliphatic heterocycles. The molecular formula is C14H28N2O. The van der Waals surface area contributed by atoms with Gasteiger partial charge in [0.2, 0.25) is 5.91 Å². The van der Waals surface area contributed by atoms with Crippen molar-refractivity contribution in [1.29, 1.82) is 0 Å². The Hall–Kier alpha value is -0.570. The van der Waals surface area contributed by atoms with E-state index in [1.807, 2.05) is 11.9 Å². The van der Waals surface area contributed by atoms with Gasteiger partial charge < -0.3 is 10.2 Å². The van der Waals surface area contributed by atoms with Crippen molar-refractivity contribution in [2.75, 3.05) is 26.7 Å². The van der Waals surface area contributed by atoms with Crippen LogP contribution in [-0.4, -0.2) is 37.5 Å². The zero-order chi connectivity index (χ0) is 12.7. The van der Waals surface area contributed by atoms with Crippen LogP contribution >= 0.6 is 0 Å². The van der Waals surface area contributed by atoms with Gasteiger partial charge in [0, 0.05) is 20.0 Å². The normalized spacial score (nSPS) is 17.4. The zero-order valence-electron chi connectivity index (χ0n) is 11.7. The molecule has 100 valence electrons. The highest BCUT2D eigenvalue weighted by molar-refractivity contribution is 5.75. The second-order valence-corrected chi connectivity index (χ2v) is 5.73. The molecule has 1 saturated heterocycles. The summed E-state index contributed by atoms with van der Waals surface area (Å²) in [6, 6.07) is 0. The van der Waals surface area contributed by atoms with Gasteiger partial charge in [-0.2, -0.15) is 0 Å². The predicted molar refractivity (Wildman–Crippen MR) is 71.9 cm³/mol. The van der Waals surface area contributed by atoms with Crippen molar-refractivity contribution in [2.24, 2.45) is 11.8 Å². The van der Waals surface area contributed by atoms with Gasteiger partial charge in [-0.25, -0.2) is 0 Å². The van der Waals surface area contributed by atoms with E-state index in [1.54, 1.807) is 0 Å². The van der Waals surface area contributed by atoms with Crippen molar-refractivity contribution in [3.8, 4) is 0 Å². The average molecular weight is 240 g/mol. The quantitative estimate of drug-likeness (QED) is 0.772. The molecule has 1 amide bonds. The second kappa shape index (κ2) is 7.70. The minimum Gasteiger partial charge on any atom is -0.346 e. The molecule has 0 radical (unpaired) electrons. The van der Waals surface area contributed by atoms with Crippen molar-refractivity contribution < 1.29 is 4.79 Å². The molecule has 0 aromatic rings. The highest BCUT2D eigenvalue weighted by atomic mass is 16.2. The highest BCUT2D eigenvalue weighted by Crippen LogP contribution is 2.18. The maximum Gasteiger partial charge on any atom is 0.222 e. The largest absolute Gasteiger partial charge is 0.346 e. The van der Waals surface area contributed by atoms with E-state index in [1.165, 1.54) is 12.8 Å². The second-order valence-electron chi connectivity index (χ2n) is 5.73. The van der Waals surface area contributed by atoms with Crippen LogP contribution in [0.3, 0.4) is 0 Å². The molecule has 0 saturated carbocycles. The molecule has 17 heavy (non-hydrogen) atoms. The Morgan fingerprint density at radius 1 is 1.35 bits per heavy atom. The smallest absolute Gasteiger partial charge is 0.222 e. The van der Waals surface area contributed by atoms with Gasteiger partial charge in [-0.3, -0.25) is 4.79 Å². The molecule has 0 atom stereocenters. The lowest BCUT2D eigenvalue weighted by Crippen LogP contribution is -2.31. The number of carbonyl (C=O) groups excluding carboxylic acids is 1. The molecule has 0 aromatic heterocycles. The number of amides is 1. The molecule has 1 N–H and O–H groups in total. The van der Waals surface area contributed by atoms with Gasteiger partial charge in [0.05, 0.1) is 0 Å². The maximum atomic E-state index is 11.9. The van der Waals surface area contributed by atoms with Gasteiger partial charge in [-0.05, 0) is 50.6 Å². The van der Waals surface area contributed by atoms with Crippen molar-refractivity contribution in [3.05, 3.63) is 0 Å². The van der Waals surface area contributed by atoms with E-state index in [0.29, 0.717) is 11.8 Å². The van der Waals surface area contributed by atoms with Gasteiger partial charge >= 0.3 is 0 Å². The minimum absolute atomic E-state index is 0.323. The van der Waals surface area contributed by atoms with E-state index in [2.05, 4.69) is 19.2 Å². The van der Waals surface area contributed by atoms with Crippen LogP contribution in [0, 0.1) is 11.8 Å². The first-order chi connectivity index (χ1) is 8.09. The summed E-state index contributed by atoms with van der Waals surface area (Å²) >= 11 is 0. The van der Waals surface area contributed by atoms with Crippen molar-refractivity contribution in [3.63, 3.8) is 0 Å². The van der Waals surface area contributed by atoms with Gasteiger partial charge in [0.25, 0.3) is 0 Å². The van der Waals surface area contributed by atoms with Crippen molar-refractivity contribution in [2.45, 2.75) is 46.0 Å². The van der Waals surface area contributed by atoms with Crippen LogP contribution in [0.15, 0.2) is 0 Å². The first-order valence-corrected chi connectivity index (χ1v) is 7.04. The first-order valence-electron chi connectivity index (χ1n) is 7.04. The summed E-state index contributed by atoms with van der Waals surface area (Å²) < 4.78 is 0. The Morgan fingerprint density at radius 2 is 2.00 bits per heavy atom. The topological polar surface area (TPSA) is 32.3 Å². The molecule has 3 nitrogen and oxygen atoms in total. The van der Waals surface area contributed by atoms with Crippen LogP contribution in [0.5, 0.6) is 0 Å². The molecule has 0 aromatic carbocycles. The van der Waals surface area contributed by atoms with Gasteiger partial charge in [-0.1, -0.05) is 13.8 Å². The van der Waals surface area contributed by atoms with Crippen LogP contribution in [-0.2, 0) is 4.79 Å². The first kappa shape index (κ1) is 14.5. The molecule has 0 spiro atoms. The summed E-state index contributed by atoms with van der Waals surface area (Å²) in [4.78, 5) is 13.8. The van der Waals surface area contributed by atoms with Crippen molar-refractivity contribution in [1.82, 2.24) is 10.2 Å². The molecule has 1 aliphatic rings. The fourth-order valence-electron chi connectivity index (χ4n) is 2.27. The van der Waals surface area contributed by atoms with E-state index in [4.69, 9.17) is 0 Å². The van der Waals surface area contributed by atoms with Crippen molar-refractivity contribution >= 4 is 5.91 Å². The lowest BCUT2D eigenvalue weighted by atomic mass is 9.93. The molecule has 0 unspecified atom stereocenters. The van der Waals surface area contributed by atoms with Gasteiger partial charge in [-0.15, -0.1) is 0 Å². The molecule has 0 bridgehead atoms. The summed E-state index contributed by atoms with van der Waals surface area (Å²) in [5.74, 6) is 1.76. The fourth-order valence-corrected chi connectivity index (χ4v) is 2.27. The van der Waals surface area contributed by atoms with E-state index in [9.17, 15) is 4.79 Å². The minimum atomic E-state index is 0.323. The third-order valence-electron chi connectivity index (χ3n) is 3.69. The van der Waals surface area contributed by atoms with Gasteiger partial charge in [0.15, 0.2) is 0 Å². The van der Waals surface area contributed by atoms with Crippen LogP contribution in [0.2, 0.25) is 0 Å². The number of carbonyl (C=O) groups is 1. The van der Waals surface area contributed by atoms with Crippen LogP contribution in [0.4, 0.5) is 0 Å². The van der Waals surface area contributed by atoms with Crippen LogP contribution < -0.4 is 5.32 Å². The standard InChI is InChI=1S/C14H28N2O/c1-12(2)8-11-16(3)14(17)5-4-13-6-9-15-10-7-13/h12-13,15H,4-11H2,1-3H3. The lowest BCUT2D eigenvalue weighted by Gasteiger charge is -2.24. The molecule has 0 aliphatic carbocycles. The molecule has 1 heterocycles. The maximum absolute atomic E-state index is 11.9. The Bertz CT molecular complexity index is 222. The Morgan fingerprint density at radius 3 is 2.59 bits per heavy atom. The third kappa shape index (κ3) is 6.06. The molecule has 1 rings (SSSR count). The number of piperidine rings is 1. The predicted octanol–water partition coefficient (Wildman–Crippen LogP) is 2.27. The Kier molecular flexibility index (Phi) is 6.56. The highest BCUT2D eigenvalue weighted by Gasteiger charge is 2.16. The SMILES string of the molecule is CC(C)CCN(C)C(=O)CCC1CCNCC1. The number of rotatable bonds is 6. The van der Waals surface area contributed by atoms with Crippen LogP contribution in [0.1, 0.15) is 46.0 Å². The summed E-state index contributed by atoms with van der Waals surface area (Å²) in [6.45, 7) is 7.56. The van der Waals surface area contributed by atoms with Gasteiger partial charge in [0.1, 0.15) is 0 Å². The molecule has 1 fully saturated rings. The number of nitrogens with one attached hydrogen (secondary N) is 1. The average Bonchev–Trinajstić information content (AvgIpc) is 2.34. The number of nitrogens with zero attached hydrogens (tertiary/aromatic N) is 1. The summed E-state index contributed by atoms with van der Waals surface area (Å²) in [5, 5.41) is 3.36. The zero-order valence-corrected chi connectivity index (χ0v) is 11.7. The van der Waals surface area contributed by atoms with E-state index < -0.39 is 0 Å². The monoisotopic (exact) mass is 240 g/mol. The summed E-state index contributed by atoms with van der Waals surface area (Å²) in [6.07, 6.45) is 5.40. The Labute approximate surface area is 106 Å². The summed E-state index contributed by atoms with van der Waals surface area (Å²) in [7, 11) is 1.94. The van der Waals surface area contributed by atoms with Crippen LogP contribution in [0.25, 0.3) is 0 Å². The van der Waals surface area contributed by atoms with E-state index >= 15 is 0 Å².